The van der Waals surface area contributed by atoms with Gasteiger partial charge in [-0.2, -0.15) is 5.10 Å². The zero-order valence-corrected chi connectivity index (χ0v) is 16.7. The lowest BCUT2D eigenvalue weighted by molar-refractivity contribution is -0.119. The van der Waals surface area contributed by atoms with Crippen molar-refractivity contribution in [3.05, 3.63) is 48.0 Å². The van der Waals surface area contributed by atoms with Crippen LogP contribution in [-0.4, -0.2) is 36.9 Å². The van der Waals surface area contributed by atoms with Gasteiger partial charge in [0.15, 0.2) is 16.6 Å². The van der Waals surface area contributed by atoms with Gasteiger partial charge in [0.05, 0.1) is 36.2 Å². The predicted octanol–water partition coefficient (Wildman–Crippen LogP) is 3.65. The lowest BCUT2D eigenvalue weighted by Gasteiger charge is -2.15. The monoisotopic (exact) mass is 398 g/mol. The highest BCUT2D eigenvalue weighted by Crippen LogP contribution is 2.31. The molecule has 146 valence electrons. The average molecular weight is 398 g/mol. The average Bonchev–Trinajstić information content (AvgIpc) is 3.10. The summed E-state index contributed by atoms with van der Waals surface area (Å²) in [6, 6.07) is 13.3. The molecule has 0 aliphatic heterocycles. The second kappa shape index (κ2) is 9.18. The lowest BCUT2D eigenvalue weighted by atomic mass is 10.2. The molecule has 1 heterocycles. The van der Waals surface area contributed by atoms with E-state index in [0.717, 1.165) is 10.2 Å². The molecule has 0 spiro atoms. The van der Waals surface area contributed by atoms with Crippen molar-refractivity contribution >= 4 is 38.8 Å². The minimum absolute atomic E-state index is 0.0175. The summed E-state index contributed by atoms with van der Waals surface area (Å²) in [4.78, 5) is 16.5. The molecule has 1 aromatic heterocycles. The normalized spacial score (nSPS) is 11.1. The van der Waals surface area contributed by atoms with Crippen molar-refractivity contribution in [1.29, 1.82) is 0 Å². The number of ether oxygens (including phenoxy) is 2. The number of para-hydroxylation sites is 2. The van der Waals surface area contributed by atoms with E-state index in [-0.39, 0.29) is 18.6 Å². The number of rotatable bonds is 8. The summed E-state index contributed by atoms with van der Waals surface area (Å²) in [7, 11) is 1.58. The Hall–Kier alpha value is -3.13. The quantitative estimate of drug-likeness (QED) is 0.447. The number of hydrogen-bond donors (Lipinski definition) is 2. The molecular weight excluding hydrogens is 376 g/mol. The van der Waals surface area contributed by atoms with Crippen molar-refractivity contribution in [3.8, 4) is 11.5 Å². The van der Waals surface area contributed by atoms with Gasteiger partial charge < -0.3 is 14.8 Å². The molecule has 1 amide bonds. The SMILES string of the molecule is COc1cccc(/C=N\NC(=O)CNc2nc3ccccc3s2)c1OC(C)C. The Morgan fingerprint density at radius 2 is 2.07 bits per heavy atom. The summed E-state index contributed by atoms with van der Waals surface area (Å²) in [5, 5.41) is 7.73. The van der Waals surface area contributed by atoms with Crippen LogP contribution in [0.4, 0.5) is 5.13 Å². The van der Waals surface area contributed by atoms with E-state index >= 15 is 0 Å². The fourth-order valence-corrected chi connectivity index (χ4v) is 3.34. The summed E-state index contributed by atoms with van der Waals surface area (Å²) in [5.41, 5.74) is 4.12. The molecule has 3 rings (SSSR count). The van der Waals surface area contributed by atoms with Crippen LogP contribution in [0.3, 0.4) is 0 Å². The number of amides is 1. The molecule has 0 aliphatic carbocycles. The number of anilines is 1. The first-order valence-corrected chi connectivity index (χ1v) is 9.63. The molecule has 28 heavy (non-hydrogen) atoms. The van der Waals surface area contributed by atoms with E-state index in [4.69, 9.17) is 9.47 Å². The van der Waals surface area contributed by atoms with Crippen LogP contribution in [0, 0.1) is 0 Å². The number of hydrazone groups is 1. The van der Waals surface area contributed by atoms with Crippen LogP contribution in [0.5, 0.6) is 11.5 Å². The molecule has 2 N–H and O–H groups in total. The van der Waals surface area contributed by atoms with Crippen LogP contribution < -0.4 is 20.2 Å². The Balaban J connectivity index is 1.58. The second-order valence-corrected chi connectivity index (χ2v) is 7.21. The van der Waals surface area contributed by atoms with E-state index in [1.54, 1.807) is 7.11 Å². The van der Waals surface area contributed by atoms with Crippen molar-refractivity contribution in [1.82, 2.24) is 10.4 Å². The minimum Gasteiger partial charge on any atom is -0.493 e. The third kappa shape index (κ3) is 4.98. The van der Waals surface area contributed by atoms with E-state index in [9.17, 15) is 4.79 Å². The number of carbonyl (C=O) groups is 1. The van der Waals surface area contributed by atoms with Crippen molar-refractivity contribution in [2.75, 3.05) is 19.0 Å². The van der Waals surface area contributed by atoms with E-state index < -0.39 is 0 Å². The Kier molecular flexibility index (Phi) is 6.44. The van der Waals surface area contributed by atoms with Crippen LogP contribution >= 0.6 is 11.3 Å². The van der Waals surface area contributed by atoms with Crippen LogP contribution in [0.15, 0.2) is 47.6 Å². The number of benzene rings is 2. The zero-order chi connectivity index (χ0) is 19.9. The standard InChI is InChI=1S/C20H22N4O3S/c1-13(2)27-19-14(7-6-9-16(19)26-3)11-22-24-18(25)12-21-20-23-15-8-4-5-10-17(15)28-20/h4-11,13H,12H2,1-3H3,(H,21,23)(H,24,25)/b22-11-. The molecule has 2 aromatic carbocycles. The number of methoxy groups -OCH3 is 1. The number of aromatic nitrogens is 1. The number of hydrogen-bond acceptors (Lipinski definition) is 7. The third-order valence-corrected chi connectivity index (χ3v) is 4.66. The van der Waals surface area contributed by atoms with E-state index in [1.165, 1.54) is 17.6 Å². The third-order valence-electron chi connectivity index (χ3n) is 3.67. The Morgan fingerprint density at radius 3 is 2.82 bits per heavy atom. The van der Waals surface area contributed by atoms with Gasteiger partial charge in [0, 0.05) is 5.56 Å². The van der Waals surface area contributed by atoms with Gasteiger partial charge in [-0.1, -0.05) is 29.5 Å². The van der Waals surface area contributed by atoms with Crippen molar-refractivity contribution < 1.29 is 14.3 Å². The summed E-state index contributed by atoms with van der Waals surface area (Å²) < 4.78 is 12.2. The first-order chi connectivity index (χ1) is 13.6. The summed E-state index contributed by atoms with van der Waals surface area (Å²) in [5.74, 6) is 0.928. The van der Waals surface area contributed by atoms with Gasteiger partial charge in [0.1, 0.15) is 0 Å². The van der Waals surface area contributed by atoms with Crippen LogP contribution in [0.25, 0.3) is 10.2 Å². The van der Waals surface area contributed by atoms with Crippen molar-refractivity contribution in [2.45, 2.75) is 20.0 Å². The number of thiazole rings is 1. The maximum Gasteiger partial charge on any atom is 0.259 e. The molecular formula is C20H22N4O3S. The van der Waals surface area contributed by atoms with Gasteiger partial charge in [-0.05, 0) is 38.1 Å². The van der Waals surface area contributed by atoms with E-state index in [0.29, 0.717) is 22.2 Å². The molecule has 0 atom stereocenters. The topological polar surface area (TPSA) is 84.8 Å². The Bertz CT molecular complexity index is 951. The molecule has 0 aliphatic rings. The predicted molar refractivity (Wildman–Crippen MR) is 113 cm³/mol. The number of fused-ring (bicyclic) bond motifs is 1. The van der Waals surface area contributed by atoms with E-state index in [2.05, 4.69) is 20.8 Å². The van der Waals surface area contributed by atoms with Crippen LogP contribution in [0.2, 0.25) is 0 Å². The minimum atomic E-state index is -0.273. The molecule has 8 heteroatoms. The molecule has 3 aromatic rings. The zero-order valence-electron chi connectivity index (χ0n) is 15.9. The first kappa shape index (κ1) is 19.6. The largest absolute Gasteiger partial charge is 0.493 e. The number of nitrogens with one attached hydrogen (secondary N) is 2. The summed E-state index contributed by atoms with van der Waals surface area (Å²) in [6.45, 7) is 3.94. The molecule has 7 nitrogen and oxygen atoms in total. The highest BCUT2D eigenvalue weighted by atomic mass is 32.1. The van der Waals surface area contributed by atoms with Gasteiger partial charge in [-0.15, -0.1) is 0 Å². The second-order valence-electron chi connectivity index (χ2n) is 6.18. The van der Waals surface area contributed by atoms with Crippen molar-refractivity contribution in [3.63, 3.8) is 0 Å². The van der Waals surface area contributed by atoms with Crippen LogP contribution in [-0.2, 0) is 4.79 Å². The van der Waals surface area contributed by atoms with Gasteiger partial charge in [0.2, 0.25) is 0 Å². The maximum atomic E-state index is 12.0. The Labute approximate surface area is 167 Å². The summed E-state index contributed by atoms with van der Waals surface area (Å²) >= 11 is 1.50. The summed E-state index contributed by atoms with van der Waals surface area (Å²) in [6.07, 6.45) is 1.52. The van der Waals surface area contributed by atoms with Crippen molar-refractivity contribution in [2.24, 2.45) is 5.10 Å². The highest BCUT2D eigenvalue weighted by Gasteiger charge is 2.11. The first-order valence-electron chi connectivity index (χ1n) is 8.82. The lowest BCUT2D eigenvalue weighted by Crippen LogP contribution is -2.25. The van der Waals surface area contributed by atoms with E-state index in [1.807, 2.05) is 56.3 Å². The molecule has 0 radical (unpaired) electrons. The fourth-order valence-electron chi connectivity index (χ4n) is 2.47. The highest BCUT2D eigenvalue weighted by molar-refractivity contribution is 7.22. The Morgan fingerprint density at radius 1 is 1.25 bits per heavy atom. The van der Waals surface area contributed by atoms with Gasteiger partial charge in [-0.25, -0.2) is 10.4 Å². The molecule has 0 saturated heterocycles. The molecule has 0 fully saturated rings. The van der Waals surface area contributed by atoms with Gasteiger partial charge >= 0.3 is 0 Å². The number of nitrogens with zero attached hydrogens (tertiary/aromatic N) is 2. The smallest absolute Gasteiger partial charge is 0.259 e. The van der Waals surface area contributed by atoms with Crippen LogP contribution in [0.1, 0.15) is 19.4 Å². The number of carbonyl (C=O) groups excluding carboxylic acids is 1. The molecule has 0 saturated carbocycles. The van der Waals surface area contributed by atoms with Gasteiger partial charge in [0.25, 0.3) is 5.91 Å². The molecule has 0 bridgehead atoms. The molecule has 0 unspecified atom stereocenters. The fraction of sp³-hybridized carbons (Fsp3) is 0.250. The van der Waals surface area contributed by atoms with Gasteiger partial charge in [-0.3, -0.25) is 4.79 Å². The maximum absolute atomic E-state index is 12.0.